The van der Waals surface area contributed by atoms with Crippen molar-refractivity contribution in [2.45, 2.75) is 51.2 Å². The summed E-state index contributed by atoms with van der Waals surface area (Å²) < 4.78 is 12.3. The van der Waals surface area contributed by atoms with Crippen LogP contribution in [0.15, 0.2) is 84.9 Å². The topological polar surface area (TPSA) is 71.0 Å². The minimum absolute atomic E-state index is 0.0728. The van der Waals surface area contributed by atoms with Gasteiger partial charge in [0.2, 0.25) is 0 Å². The van der Waals surface area contributed by atoms with Crippen LogP contribution in [0.5, 0.6) is 11.5 Å². The summed E-state index contributed by atoms with van der Waals surface area (Å²) in [6.45, 7) is 5.01. The van der Waals surface area contributed by atoms with E-state index in [1.165, 1.54) is 12.8 Å². The summed E-state index contributed by atoms with van der Waals surface area (Å²) in [5.41, 5.74) is 4.58. The lowest BCUT2D eigenvalue weighted by Gasteiger charge is -2.34. The van der Waals surface area contributed by atoms with Crippen LogP contribution in [0.3, 0.4) is 0 Å². The highest BCUT2D eigenvalue weighted by Crippen LogP contribution is 2.53. The van der Waals surface area contributed by atoms with E-state index in [1.807, 2.05) is 85.8 Å². The van der Waals surface area contributed by atoms with Gasteiger partial charge in [0.15, 0.2) is 5.60 Å². The molecule has 1 saturated carbocycles. The summed E-state index contributed by atoms with van der Waals surface area (Å²) in [6, 6.07) is 27.5. The van der Waals surface area contributed by atoms with Crippen molar-refractivity contribution in [3.8, 4) is 11.5 Å². The number of ether oxygens (including phenoxy) is 2. The van der Waals surface area contributed by atoms with E-state index in [2.05, 4.69) is 17.1 Å². The zero-order valence-corrected chi connectivity index (χ0v) is 23.8. The number of carbonyl (C=O) groups is 1. The molecule has 0 radical (unpaired) electrons. The first-order valence-electron chi connectivity index (χ1n) is 14.4. The Bertz CT molecular complexity index is 1580. The second-order valence-corrected chi connectivity index (χ2v) is 10.9. The molecule has 2 N–H and O–H groups in total. The second-order valence-electron chi connectivity index (χ2n) is 10.9. The molecule has 0 saturated heterocycles. The van der Waals surface area contributed by atoms with Crippen molar-refractivity contribution in [2.24, 2.45) is 0 Å². The van der Waals surface area contributed by atoms with Gasteiger partial charge in [0, 0.05) is 52.4 Å². The first-order chi connectivity index (χ1) is 20.0. The number of aryl methyl sites for hydroxylation is 1. The molecule has 0 aromatic heterocycles. The predicted octanol–water partition coefficient (Wildman–Crippen LogP) is 7.68. The van der Waals surface area contributed by atoms with Crippen LogP contribution in [-0.4, -0.2) is 30.8 Å². The van der Waals surface area contributed by atoms with Crippen molar-refractivity contribution in [1.82, 2.24) is 0 Å². The molecule has 0 amide bonds. The number of benzene rings is 4. The summed E-state index contributed by atoms with van der Waals surface area (Å²) in [7, 11) is 1.61. The molecule has 4 aromatic rings. The van der Waals surface area contributed by atoms with Gasteiger partial charge in [-0.3, -0.25) is 0 Å². The number of aromatic hydroxyl groups is 1. The van der Waals surface area contributed by atoms with Gasteiger partial charge >= 0.3 is 5.97 Å². The lowest BCUT2D eigenvalue weighted by molar-refractivity contribution is 0.0239. The third-order valence-corrected chi connectivity index (χ3v) is 8.55. The van der Waals surface area contributed by atoms with E-state index in [9.17, 15) is 9.90 Å². The number of phenolic OH excluding ortho intramolecular Hbond substituents is 1. The molecule has 0 spiro atoms. The van der Waals surface area contributed by atoms with Crippen molar-refractivity contribution in [1.29, 1.82) is 0 Å². The second kappa shape index (κ2) is 10.8. The van der Waals surface area contributed by atoms with E-state index in [0.717, 1.165) is 42.0 Å². The Balaban J connectivity index is 1.55. The molecule has 1 atom stereocenters. The van der Waals surface area contributed by atoms with E-state index in [0.29, 0.717) is 34.0 Å². The Morgan fingerprint density at radius 1 is 0.951 bits per heavy atom. The molecule has 4 aromatic carbocycles. The fourth-order valence-corrected chi connectivity index (χ4v) is 6.56. The number of methoxy groups -OCH3 is 1. The lowest BCUT2D eigenvalue weighted by Crippen LogP contribution is -2.33. The molecule has 1 unspecified atom stereocenters. The van der Waals surface area contributed by atoms with Crippen LogP contribution in [0, 0.1) is 6.92 Å². The molecule has 6 nitrogen and oxygen atoms in total. The summed E-state index contributed by atoms with van der Waals surface area (Å²) in [4.78, 5) is 15.8. The number of esters is 1. The maximum absolute atomic E-state index is 13.4. The zero-order chi connectivity index (χ0) is 28.6. The molecule has 6 rings (SSSR count). The monoisotopic (exact) mass is 548 g/mol. The largest absolute Gasteiger partial charge is 0.507 e. The Kier molecular flexibility index (Phi) is 7.08. The molecule has 6 heteroatoms. The maximum Gasteiger partial charge on any atom is 0.340 e. The molecule has 2 aliphatic rings. The molecule has 1 fully saturated rings. The Morgan fingerprint density at radius 2 is 1.68 bits per heavy atom. The van der Waals surface area contributed by atoms with Crippen molar-refractivity contribution in [2.75, 3.05) is 23.9 Å². The normalized spacial score (nSPS) is 18.2. The van der Waals surface area contributed by atoms with Crippen molar-refractivity contribution < 1.29 is 19.4 Å². The minimum atomic E-state index is -1.41. The van der Waals surface area contributed by atoms with E-state index in [1.54, 1.807) is 13.2 Å². The number of hydrogen-bond donors (Lipinski definition) is 2. The van der Waals surface area contributed by atoms with Crippen molar-refractivity contribution in [3.63, 3.8) is 0 Å². The summed E-state index contributed by atoms with van der Waals surface area (Å²) >= 11 is 0. The fourth-order valence-electron chi connectivity index (χ4n) is 6.56. The van der Waals surface area contributed by atoms with E-state index >= 15 is 0 Å². The smallest absolute Gasteiger partial charge is 0.340 e. The summed E-state index contributed by atoms with van der Waals surface area (Å²) in [6.07, 6.45) is 4.77. The van der Waals surface area contributed by atoms with Gasteiger partial charge in [0.05, 0.1) is 12.7 Å². The van der Waals surface area contributed by atoms with Crippen LogP contribution in [0.1, 0.15) is 65.2 Å². The van der Waals surface area contributed by atoms with Gasteiger partial charge in [0.1, 0.15) is 11.5 Å². The SMILES string of the molecule is CCN(c1ccc(C2(c3cc(Nc4ccccc4)c(C)cc3OC)OC(=O)c3ccccc32)c(O)c1)C1CCCC1. The third-order valence-electron chi connectivity index (χ3n) is 8.55. The van der Waals surface area contributed by atoms with Gasteiger partial charge in [-0.1, -0.05) is 49.2 Å². The number of anilines is 3. The number of para-hydroxylation sites is 1. The number of fused-ring (bicyclic) bond motifs is 1. The maximum atomic E-state index is 13.4. The molecule has 210 valence electrons. The molecule has 1 heterocycles. The van der Waals surface area contributed by atoms with E-state index in [4.69, 9.17) is 9.47 Å². The van der Waals surface area contributed by atoms with Gasteiger partial charge in [-0.25, -0.2) is 4.79 Å². The number of cyclic esters (lactones) is 1. The lowest BCUT2D eigenvalue weighted by atomic mass is 9.78. The standard InChI is InChI=1S/C35H36N2O4/c1-4-37(25-14-8-9-15-25)26-18-19-29(32(38)21-26)35(28-17-11-10-16-27(28)34(39)41-35)30-22-31(23(2)20-33(30)40-3)36-24-12-6-5-7-13-24/h5-7,10-13,16-22,25,36,38H,4,8-9,14-15H2,1-3H3. The predicted molar refractivity (Wildman–Crippen MR) is 163 cm³/mol. The van der Waals surface area contributed by atoms with Crippen LogP contribution in [0.2, 0.25) is 0 Å². The van der Waals surface area contributed by atoms with Crippen LogP contribution >= 0.6 is 0 Å². The third kappa shape index (κ3) is 4.57. The highest BCUT2D eigenvalue weighted by Gasteiger charge is 2.51. The average Bonchev–Trinajstić information content (AvgIpc) is 3.62. The van der Waals surface area contributed by atoms with Crippen LogP contribution < -0.4 is 15.0 Å². The highest BCUT2D eigenvalue weighted by molar-refractivity contribution is 5.97. The minimum Gasteiger partial charge on any atom is -0.507 e. The van der Waals surface area contributed by atoms with Crippen molar-refractivity contribution in [3.05, 3.63) is 113 Å². The number of phenols is 1. The molecular weight excluding hydrogens is 512 g/mol. The first-order valence-corrected chi connectivity index (χ1v) is 14.4. The quantitative estimate of drug-likeness (QED) is 0.220. The molecule has 41 heavy (non-hydrogen) atoms. The van der Waals surface area contributed by atoms with Gasteiger partial charge in [-0.2, -0.15) is 0 Å². The number of rotatable bonds is 8. The van der Waals surface area contributed by atoms with Gasteiger partial charge in [-0.05, 0) is 74.7 Å². The van der Waals surface area contributed by atoms with Crippen LogP contribution in [0.25, 0.3) is 0 Å². The van der Waals surface area contributed by atoms with Gasteiger partial charge in [-0.15, -0.1) is 0 Å². The highest BCUT2D eigenvalue weighted by atomic mass is 16.6. The number of nitrogens with one attached hydrogen (secondary N) is 1. The Hall–Kier alpha value is -4.45. The Labute approximate surface area is 241 Å². The molecule has 1 aliphatic carbocycles. The van der Waals surface area contributed by atoms with E-state index < -0.39 is 11.6 Å². The zero-order valence-electron chi connectivity index (χ0n) is 23.8. The number of hydrogen-bond acceptors (Lipinski definition) is 6. The summed E-state index contributed by atoms with van der Waals surface area (Å²) in [5, 5.41) is 15.2. The van der Waals surface area contributed by atoms with Gasteiger partial charge < -0.3 is 24.8 Å². The first kappa shape index (κ1) is 26.8. The molecule has 0 bridgehead atoms. The molecular formula is C35H36N2O4. The Morgan fingerprint density at radius 3 is 2.39 bits per heavy atom. The number of carbonyl (C=O) groups excluding carboxylic acids is 1. The van der Waals surface area contributed by atoms with Crippen LogP contribution in [-0.2, 0) is 10.3 Å². The van der Waals surface area contributed by atoms with Crippen molar-refractivity contribution >= 4 is 23.0 Å². The van der Waals surface area contributed by atoms with Gasteiger partial charge in [0.25, 0.3) is 0 Å². The van der Waals surface area contributed by atoms with E-state index in [-0.39, 0.29) is 5.75 Å². The fraction of sp³-hybridized carbons (Fsp3) is 0.286. The summed E-state index contributed by atoms with van der Waals surface area (Å²) in [5.74, 6) is 0.198. The molecule has 1 aliphatic heterocycles. The average molecular weight is 549 g/mol. The number of nitrogens with zero attached hydrogens (tertiary/aromatic N) is 1. The van der Waals surface area contributed by atoms with Crippen LogP contribution in [0.4, 0.5) is 17.1 Å².